The number of carbonyl (C=O) groups excluding carboxylic acids is 1. The van der Waals surface area contributed by atoms with E-state index in [1.807, 2.05) is 11.3 Å². The van der Waals surface area contributed by atoms with Gasteiger partial charge in [-0.05, 0) is 17.0 Å². The number of fused-ring (bicyclic) bond motifs is 1. The zero-order valence-electron chi connectivity index (χ0n) is 14.7. The van der Waals surface area contributed by atoms with Gasteiger partial charge in [0.05, 0.1) is 37.6 Å². The van der Waals surface area contributed by atoms with Crippen LogP contribution in [0.5, 0.6) is 0 Å². The van der Waals surface area contributed by atoms with E-state index >= 15 is 0 Å². The monoisotopic (exact) mass is 357 g/mol. The minimum absolute atomic E-state index is 0.338. The molecule has 1 unspecified atom stereocenters. The SMILES string of the molecule is O=C(C[NH+]1CCc2ccccc2C1)N1CC[NH+](Cc2cccs2)CC1. The fourth-order valence-corrected chi connectivity index (χ4v) is 4.80. The summed E-state index contributed by atoms with van der Waals surface area (Å²) >= 11 is 1.84. The van der Waals surface area contributed by atoms with Crippen molar-refractivity contribution in [3.8, 4) is 0 Å². The Bertz CT molecular complexity index is 707. The lowest BCUT2D eigenvalue weighted by Gasteiger charge is -2.33. The number of quaternary nitrogens is 2. The van der Waals surface area contributed by atoms with Crippen LogP contribution in [0, 0.1) is 0 Å². The molecule has 2 aromatic rings. The van der Waals surface area contributed by atoms with Crippen LogP contribution in [0.1, 0.15) is 16.0 Å². The van der Waals surface area contributed by atoms with Gasteiger partial charge < -0.3 is 14.7 Å². The van der Waals surface area contributed by atoms with Gasteiger partial charge >= 0.3 is 0 Å². The molecule has 1 atom stereocenters. The third kappa shape index (κ3) is 4.11. The van der Waals surface area contributed by atoms with Crippen molar-refractivity contribution in [3.05, 3.63) is 57.8 Å². The molecule has 132 valence electrons. The Kier molecular flexibility index (Phi) is 5.15. The van der Waals surface area contributed by atoms with Gasteiger partial charge in [0.2, 0.25) is 0 Å². The second kappa shape index (κ2) is 7.68. The predicted molar refractivity (Wildman–Crippen MR) is 99.8 cm³/mol. The van der Waals surface area contributed by atoms with E-state index in [0.29, 0.717) is 12.5 Å². The van der Waals surface area contributed by atoms with Crippen LogP contribution in [0.25, 0.3) is 0 Å². The third-order valence-corrected chi connectivity index (χ3v) is 6.41. The molecule has 0 saturated carbocycles. The van der Waals surface area contributed by atoms with Crippen molar-refractivity contribution in [2.24, 2.45) is 0 Å². The van der Waals surface area contributed by atoms with Crippen LogP contribution in [0.15, 0.2) is 41.8 Å². The van der Waals surface area contributed by atoms with E-state index in [0.717, 1.165) is 52.2 Å². The first-order valence-electron chi connectivity index (χ1n) is 9.32. The standard InChI is InChI=1S/C20H25N3OS/c24-20(16-22-8-7-17-4-1-2-5-18(17)14-22)23-11-9-21(10-12-23)15-19-6-3-13-25-19/h1-6,13H,7-12,14-16H2/p+2. The number of thiophene rings is 1. The molecule has 1 aromatic heterocycles. The number of nitrogens with one attached hydrogen (secondary N) is 2. The van der Waals surface area contributed by atoms with E-state index < -0.39 is 0 Å². The van der Waals surface area contributed by atoms with E-state index in [-0.39, 0.29) is 0 Å². The minimum Gasteiger partial charge on any atom is -0.328 e. The highest BCUT2D eigenvalue weighted by atomic mass is 32.1. The molecule has 1 saturated heterocycles. The minimum atomic E-state index is 0.338. The zero-order valence-corrected chi connectivity index (χ0v) is 15.5. The molecule has 1 aromatic carbocycles. The zero-order chi connectivity index (χ0) is 17.1. The molecule has 1 fully saturated rings. The van der Waals surface area contributed by atoms with Crippen molar-refractivity contribution >= 4 is 17.2 Å². The number of amides is 1. The number of rotatable bonds is 4. The topological polar surface area (TPSA) is 29.2 Å². The Hall–Kier alpha value is -1.69. The van der Waals surface area contributed by atoms with Gasteiger partial charge in [0, 0.05) is 12.0 Å². The first-order valence-corrected chi connectivity index (χ1v) is 10.2. The Morgan fingerprint density at radius 2 is 1.80 bits per heavy atom. The van der Waals surface area contributed by atoms with Gasteiger partial charge in [-0.3, -0.25) is 4.79 Å². The molecule has 0 radical (unpaired) electrons. The molecule has 2 N–H and O–H groups in total. The first kappa shape index (κ1) is 16.8. The molecule has 0 aliphatic carbocycles. The average molecular weight is 358 g/mol. The molecular formula is C20H27N3OS+2. The van der Waals surface area contributed by atoms with Gasteiger partial charge in [0.1, 0.15) is 13.1 Å². The number of piperazine rings is 1. The van der Waals surface area contributed by atoms with Crippen molar-refractivity contribution in [1.29, 1.82) is 0 Å². The average Bonchev–Trinajstić information content (AvgIpc) is 3.15. The Morgan fingerprint density at radius 1 is 1.00 bits per heavy atom. The highest BCUT2D eigenvalue weighted by Crippen LogP contribution is 2.10. The number of hydrogen-bond acceptors (Lipinski definition) is 2. The van der Waals surface area contributed by atoms with Gasteiger partial charge in [0.25, 0.3) is 5.91 Å². The molecule has 4 rings (SSSR count). The summed E-state index contributed by atoms with van der Waals surface area (Å²) in [5, 5.41) is 2.15. The van der Waals surface area contributed by atoms with Gasteiger partial charge in [-0.25, -0.2) is 0 Å². The maximum atomic E-state index is 12.7. The summed E-state index contributed by atoms with van der Waals surface area (Å²) in [5.41, 5.74) is 2.88. The third-order valence-electron chi connectivity index (χ3n) is 5.54. The quantitative estimate of drug-likeness (QED) is 0.767. The lowest BCUT2D eigenvalue weighted by molar-refractivity contribution is -0.918. The molecule has 0 bridgehead atoms. The smallest absolute Gasteiger partial charge is 0.278 e. The lowest BCUT2D eigenvalue weighted by atomic mass is 10.00. The molecule has 3 heterocycles. The van der Waals surface area contributed by atoms with Crippen molar-refractivity contribution in [2.75, 3.05) is 39.3 Å². The number of benzene rings is 1. The first-order chi connectivity index (χ1) is 12.3. The molecule has 2 aliphatic rings. The second-order valence-electron chi connectivity index (χ2n) is 7.26. The highest BCUT2D eigenvalue weighted by molar-refractivity contribution is 7.09. The van der Waals surface area contributed by atoms with Crippen LogP contribution < -0.4 is 9.80 Å². The van der Waals surface area contributed by atoms with Crippen molar-refractivity contribution in [1.82, 2.24) is 4.90 Å². The van der Waals surface area contributed by atoms with Crippen LogP contribution in [0.2, 0.25) is 0 Å². The second-order valence-corrected chi connectivity index (χ2v) is 8.29. The molecule has 2 aliphatic heterocycles. The summed E-state index contributed by atoms with van der Waals surface area (Å²) in [5.74, 6) is 0.338. The van der Waals surface area contributed by atoms with E-state index in [1.54, 1.807) is 4.90 Å². The van der Waals surface area contributed by atoms with Crippen LogP contribution in [-0.2, 0) is 24.3 Å². The molecular weight excluding hydrogens is 330 g/mol. The Balaban J connectivity index is 1.25. The molecule has 5 heteroatoms. The van der Waals surface area contributed by atoms with Crippen molar-refractivity contribution in [2.45, 2.75) is 19.5 Å². The van der Waals surface area contributed by atoms with E-state index in [9.17, 15) is 4.79 Å². The van der Waals surface area contributed by atoms with Crippen LogP contribution >= 0.6 is 11.3 Å². The maximum absolute atomic E-state index is 12.7. The van der Waals surface area contributed by atoms with Gasteiger partial charge in [-0.15, -0.1) is 11.3 Å². The number of carbonyl (C=O) groups is 1. The fraction of sp³-hybridized carbons (Fsp3) is 0.450. The van der Waals surface area contributed by atoms with Crippen LogP contribution in [0.4, 0.5) is 0 Å². The summed E-state index contributed by atoms with van der Waals surface area (Å²) in [6.45, 7) is 7.77. The largest absolute Gasteiger partial charge is 0.328 e. The Morgan fingerprint density at radius 3 is 2.56 bits per heavy atom. The molecule has 1 amide bonds. The van der Waals surface area contributed by atoms with Gasteiger partial charge in [-0.2, -0.15) is 0 Å². The lowest BCUT2D eigenvalue weighted by Crippen LogP contribution is -3.14. The maximum Gasteiger partial charge on any atom is 0.278 e. The number of hydrogen-bond donors (Lipinski definition) is 2. The van der Waals surface area contributed by atoms with Crippen molar-refractivity contribution < 1.29 is 14.6 Å². The fourth-order valence-electron chi connectivity index (χ4n) is 4.03. The molecule has 25 heavy (non-hydrogen) atoms. The summed E-state index contributed by atoms with van der Waals surface area (Å²) in [7, 11) is 0. The summed E-state index contributed by atoms with van der Waals surface area (Å²) in [6.07, 6.45) is 1.09. The predicted octanol–water partition coefficient (Wildman–Crippen LogP) is -0.384. The molecule has 0 spiro atoms. The van der Waals surface area contributed by atoms with E-state index in [4.69, 9.17) is 0 Å². The van der Waals surface area contributed by atoms with Crippen LogP contribution in [-0.4, -0.2) is 50.1 Å². The van der Waals surface area contributed by atoms with Crippen LogP contribution in [0.3, 0.4) is 0 Å². The van der Waals surface area contributed by atoms with E-state index in [2.05, 4.69) is 46.7 Å². The summed E-state index contributed by atoms with van der Waals surface area (Å²) in [4.78, 5) is 19.3. The number of nitrogens with zero attached hydrogens (tertiary/aromatic N) is 1. The highest BCUT2D eigenvalue weighted by Gasteiger charge is 2.28. The summed E-state index contributed by atoms with van der Waals surface area (Å²) < 4.78 is 0. The van der Waals surface area contributed by atoms with Gasteiger partial charge in [-0.1, -0.05) is 30.3 Å². The van der Waals surface area contributed by atoms with Crippen molar-refractivity contribution in [3.63, 3.8) is 0 Å². The van der Waals surface area contributed by atoms with E-state index in [1.165, 1.54) is 20.9 Å². The Labute approximate surface area is 153 Å². The van der Waals surface area contributed by atoms with Gasteiger partial charge in [0.15, 0.2) is 6.54 Å². The normalized spacial score (nSPS) is 21.1. The molecule has 4 nitrogen and oxygen atoms in total. The summed E-state index contributed by atoms with van der Waals surface area (Å²) in [6, 6.07) is 13.0.